The van der Waals surface area contributed by atoms with E-state index in [-0.39, 0.29) is 5.78 Å². The summed E-state index contributed by atoms with van der Waals surface area (Å²) < 4.78 is 5.22. The van der Waals surface area contributed by atoms with Crippen LogP contribution in [0.2, 0.25) is 0 Å². The molecule has 0 amide bonds. The van der Waals surface area contributed by atoms with E-state index in [2.05, 4.69) is 0 Å². The number of carbonyl (C=O) groups excluding carboxylic acids is 1. The molecule has 0 unspecified atom stereocenters. The summed E-state index contributed by atoms with van der Waals surface area (Å²) in [6.45, 7) is 0. The van der Waals surface area contributed by atoms with Crippen LogP contribution in [0.3, 0.4) is 0 Å². The van der Waals surface area contributed by atoms with E-state index in [1.165, 1.54) is 6.08 Å². The Morgan fingerprint density at radius 1 is 1.11 bits per heavy atom. The molecule has 19 heavy (non-hydrogen) atoms. The van der Waals surface area contributed by atoms with Crippen molar-refractivity contribution in [2.24, 2.45) is 0 Å². The normalized spacial score (nSPS) is 10.6. The van der Waals surface area contributed by atoms with Gasteiger partial charge >= 0.3 is 0 Å². The predicted octanol–water partition coefficient (Wildman–Crippen LogP) is 3.17. The van der Waals surface area contributed by atoms with Gasteiger partial charge in [0.2, 0.25) is 0 Å². The lowest BCUT2D eigenvalue weighted by atomic mass is 10.1. The minimum absolute atomic E-state index is 0.121. The van der Waals surface area contributed by atoms with Gasteiger partial charge in [0, 0.05) is 16.8 Å². The minimum Gasteiger partial charge on any atom is -0.496 e. The first-order valence-corrected chi connectivity index (χ1v) is 5.92. The number of carbonyl (C=O) groups is 1. The van der Waals surface area contributed by atoms with E-state index in [4.69, 9.17) is 10.5 Å². The molecular formula is C16H15NO2. The molecule has 3 nitrogen and oxygen atoms in total. The minimum atomic E-state index is -0.121. The van der Waals surface area contributed by atoms with E-state index in [9.17, 15) is 4.79 Å². The second kappa shape index (κ2) is 5.87. The van der Waals surface area contributed by atoms with Crippen LogP contribution in [-0.2, 0) is 0 Å². The molecular weight excluding hydrogens is 238 g/mol. The molecule has 0 aliphatic heterocycles. The number of hydrogen-bond donors (Lipinski definition) is 1. The highest BCUT2D eigenvalue weighted by Crippen LogP contribution is 2.19. The fourth-order valence-corrected chi connectivity index (χ4v) is 1.78. The van der Waals surface area contributed by atoms with Crippen LogP contribution in [0.5, 0.6) is 5.75 Å². The summed E-state index contributed by atoms with van der Waals surface area (Å²) in [5.41, 5.74) is 7.61. The summed E-state index contributed by atoms with van der Waals surface area (Å²) in [6.07, 6.45) is 3.23. The standard InChI is InChI=1S/C16H15NO2/c1-19-16-9-5-2-6-12(16)10-11-15(18)13-7-3-4-8-14(13)17/h2-11H,17H2,1H3/b11-10+. The predicted molar refractivity (Wildman–Crippen MR) is 77.2 cm³/mol. The van der Waals surface area contributed by atoms with Gasteiger partial charge in [0.25, 0.3) is 0 Å². The summed E-state index contributed by atoms with van der Waals surface area (Å²) in [4.78, 5) is 12.0. The third kappa shape index (κ3) is 3.01. The van der Waals surface area contributed by atoms with E-state index in [1.54, 1.807) is 37.5 Å². The molecule has 2 aromatic rings. The molecule has 0 bridgehead atoms. The Bertz CT molecular complexity index is 618. The SMILES string of the molecule is COc1ccccc1/C=C/C(=O)c1ccccc1N. The molecule has 0 heterocycles. The largest absolute Gasteiger partial charge is 0.496 e. The van der Waals surface area contributed by atoms with Crippen LogP contribution in [-0.4, -0.2) is 12.9 Å². The van der Waals surface area contributed by atoms with Gasteiger partial charge in [0.05, 0.1) is 7.11 Å². The molecule has 0 aromatic heterocycles. The number of ketones is 1. The zero-order valence-electron chi connectivity index (χ0n) is 10.7. The number of benzene rings is 2. The van der Waals surface area contributed by atoms with Crippen LogP contribution in [0.1, 0.15) is 15.9 Å². The van der Waals surface area contributed by atoms with Crippen molar-refractivity contribution in [2.75, 3.05) is 12.8 Å². The topological polar surface area (TPSA) is 52.3 Å². The van der Waals surface area contributed by atoms with Crippen LogP contribution in [0, 0.1) is 0 Å². The summed E-state index contributed by atoms with van der Waals surface area (Å²) >= 11 is 0. The highest BCUT2D eigenvalue weighted by atomic mass is 16.5. The fourth-order valence-electron chi connectivity index (χ4n) is 1.78. The van der Waals surface area contributed by atoms with Crippen LogP contribution in [0.4, 0.5) is 5.69 Å². The van der Waals surface area contributed by atoms with Crippen molar-refractivity contribution in [1.82, 2.24) is 0 Å². The molecule has 3 heteroatoms. The molecule has 0 atom stereocenters. The Hall–Kier alpha value is -2.55. The molecule has 0 aliphatic rings. The van der Waals surface area contributed by atoms with Crippen molar-refractivity contribution < 1.29 is 9.53 Å². The highest BCUT2D eigenvalue weighted by Gasteiger charge is 2.05. The summed E-state index contributed by atoms with van der Waals surface area (Å²) in [5.74, 6) is 0.608. The molecule has 0 spiro atoms. The average Bonchev–Trinajstić information content (AvgIpc) is 2.45. The van der Waals surface area contributed by atoms with Crippen LogP contribution in [0.25, 0.3) is 6.08 Å². The Morgan fingerprint density at radius 3 is 2.53 bits per heavy atom. The number of para-hydroxylation sites is 2. The molecule has 0 fully saturated rings. The Labute approximate surface area is 112 Å². The van der Waals surface area contributed by atoms with E-state index in [0.29, 0.717) is 11.3 Å². The van der Waals surface area contributed by atoms with Crippen molar-refractivity contribution in [2.45, 2.75) is 0 Å². The van der Waals surface area contributed by atoms with Gasteiger partial charge < -0.3 is 10.5 Å². The second-order valence-electron chi connectivity index (χ2n) is 4.03. The van der Waals surface area contributed by atoms with Crippen LogP contribution in [0.15, 0.2) is 54.6 Å². The number of nitrogen functional groups attached to an aromatic ring is 1. The molecule has 0 radical (unpaired) electrons. The first kappa shape index (κ1) is 12.9. The number of nitrogens with two attached hydrogens (primary N) is 1. The fraction of sp³-hybridized carbons (Fsp3) is 0.0625. The van der Waals surface area contributed by atoms with E-state index >= 15 is 0 Å². The Balaban J connectivity index is 2.24. The summed E-state index contributed by atoms with van der Waals surface area (Å²) in [5, 5.41) is 0. The molecule has 2 N–H and O–H groups in total. The van der Waals surface area contributed by atoms with Crippen LogP contribution >= 0.6 is 0 Å². The van der Waals surface area contributed by atoms with E-state index in [0.717, 1.165) is 11.3 Å². The Morgan fingerprint density at radius 2 is 1.79 bits per heavy atom. The lowest BCUT2D eigenvalue weighted by Crippen LogP contribution is -2.00. The lowest BCUT2D eigenvalue weighted by molar-refractivity contribution is 0.104. The smallest absolute Gasteiger partial charge is 0.187 e. The van der Waals surface area contributed by atoms with Gasteiger partial charge in [0.1, 0.15) is 5.75 Å². The number of rotatable bonds is 4. The Kier molecular flexibility index (Phi) is 3.98. The third-order valence-electron chi connectivity index (χ3n) is 2.78. The maximum absolute atomic E-state index is 12.0. The molecule has 2 rings (SSSR count). The average molecular weight is 253 g/mol. The van der Waals surface area contributed by atoms with Gasteiger partial charge in [-0.3, -0.25) is 4.79 Å². The zero-order chi connectivity index (χ0) is 13.7. The molecule has 0 aliphatic carbocycles. The van der Waals surface area contributed by atoms with Gasteiger partial charge in [0.15, 0.2) is 5.78 Å². The highest BCUT2D eigenvalue weighted by molar-refractivity contribution is 6.10. The maximum atomic E-state index is 12.0. The monoisotopic (exact) mass is 253 g/mol. The van der Waals surface area contributed by atoms with Crippen molar-refractivity contribution in [3.63, 3.8) is 0 Å². The first-order chi connectivity index (χ1) is 9.22. The van der Waals surface area contributed by atoms with E-state index < -0.39 is 0 Å². The molecule has 2 aromatic carbocycles. The van der Waals surface area contributed by atoms with E-state index in [1.807, 2.05) is 24.3 Å². The quantitative estimate of drug-likeness (QED) is 0.517. The van der Waals surface area contributed by atoms with Gasteiger partial charge in [-0.1, -0.05) is 30.3 Å². The van der Waals surface area contributed by atoms with Crippen molar-refractivity contribution in [1.29, 1.82) is 0 Å². The number of hydrogen-bond acceptors (Lipinski definition) is 3. The number of anilines is 1. The van der Waals surface area contributed by atoms with Crippen molar-refractivity contribution in [3.05, 3.63) is 65.7 Å². The third-order valence-corrected chi connectivity index (χ3v) is 2.78. The number of allylic oxidation sites excluding steroid dienone is 1. The lowest BCUT2D eigenvalue weighted by Gasteiger charge is -2.03. The molecule has 0 saturated heterocycles. The maximum Gasteiger partial charge on any atom is 0.187 e. The van der Waals surface area contributed by atoms with Crippen molar-refractivity contribution in [3.8, 4) is 5.75 Å². The van der Waals surface area contributed by atoms with Gasteiger partial charge in [-0.05, 0) is 30.4 Å². The van der Waals surface area contributed by atoms with Crippen molar-refractivity contribution >= 4 is 17.5 Å². The van der Waals surface area contributed by atoms with Crippen LogP contribution < -0.4 is 10.5 Å². The van der Waals surface area contributed by atoms with Gasteiger partial charge in [-0.25, -0.2) is 0 Å². The van der Waals surface area contributed by atoms with Gasteiger partial charge in [-0.2, -0.15) is 0 Å². The zero-order valence-corrected chi connectivity index (χ0v) is 10.7. The number of methoxy groups -OCH3 is 1. The molecule has 96 valence electrons. The molecule has 0 saturated carbocycles. The summed E-state index contributed by atoms with van der Waals surface area (Å²) in [6, 6.07) is 14.5. The summed E-state index contributed by atoms with van der Waals surface area (Å²) in [7, 11) is 1.60. The van der Waals surface area contributed by atoms with Gasteiger partial charge in [-0.15, -0.1) is 0 Å². The first-order valence-electron chi connectivity index (χ1n) is 5.92. The number of ether oxygens (including phenoxy) is 1. The second-order valence-corrected chi connectivity index (χ2v) is 4.03.